The molecule has 4 nitrogen and oxygen atoms in total. The van der Waals surface area contributed by atoms with E-state index in [1.807, 2.05) is 0 Å². The summed E-state index contributed by atoms with van der Waals surface area (Å²) in [5, 5.41) is 0. The molecule has 1 unspecified atom stereocenters. The van der Waals surface area contributed by atoms with Gasteiger partial charge in [0.1, 0.15) is 0 Å². The lowest BCUT2D eigenvalue weighted by Crippen LogP contribution is -2.43. The molecule has 0 N–H and O–H groups in total. The molecule has 2 aliphatic rings. The number of aromatic nitrogens is 1. The van der Waals surface area contributed by atoms with Crippen molar-refractivity contribution in [3.05, 3.63) is 53.7 Å². The minimum atomic E-state index is 0.508. The maximum Gasteiger partial charge on any atom is 0.0702 e. The quantitative estimate of drug-likeness (QED) is 0.783. The summed E-state index contributed by atoms with van der Waals surface area (Å²) in [6, 6.07) is 14.0. The van der Waals surface area contributed by atoms with Crippen LogP contribution < -0.4 is 0 Å². The third kappa shape index (κ3) is 4.80. The van der Waals surface area contributed by atoms with E-state index in [1.165, 1.54) is 49.0 Å². The summed E-state index contributed by atoms with van der Waals surface area (Å²) < 4.78 is 0. The lowest BCUT2D eigenvalue weighted by atomic mass is 10.0. The first-order valence-electron chi connectivity index (χ1n) is 10.9. The summed E-state index contributed by atoms with van der Waals surface area (Å²) in [5.41, 5.74) is 5.00. The van der Waals surface area contributed by atoms with Crippen LogP contribution in [0.2, 0.25) is 0 Å². The van der Waals surface area contributed by atoms with Gasteiger partial charge in [0, 0.05) is 50.5 Å². The summed E-state index contributed by atoms with van der Waals surface area (Å²) in [7, 11) is 2.20. The smallest absolute Gasteiger partial charge is 0.0702 e. The minimum absolute atomic E-state index is 0.508. The number of piperidine rings is 1. The SMILES string of the molecule is CC(c1ccc(-c2ccc(CN3CCN(C)CC3)cn2)cc1)N1CCCCC1. The Hall–Kier alpha value is -1.75. The molecule has 0 aliphatic carbocycles. The van der Waals surface area contributed by atoms with Gasteiger partial charge in [-0.2, -0.15) is 0 Å². The molecule has 28 heavy (non-hydrogen) atoms. The molecule has 150 valence electrons. The topological polar surface area (TPSA) is 22.6 Å². The second-order valence-electron chi connectivity index (χ2n) is 8.53. The number of piperazine rings is 1. The Morgan fingerprint density at radius 2 is 1.57 bits per heavy atom. The molecular weight excluding hydrogens is 344 g/mol. The van der Waals surface area contributed by atoms with Gasteiger partial charge >= 0.3 is 0 Å². The van der Waals surface area contributed by atoms with E-state index in [4.69, 9.17) is 4.98 Å². The molecule has 2 fully saturated rings. The minimum Gasteiger partial charge on any atom is -0.304 e. The van der Waals surface area contributed by atoms with E-state index in [9.17, 15) is 0 Å². The first kappa shape index (κ1) is 19.6. The van der Waals surface area contributed by atoms with Crippen LogP contribution in [0.25, 0.3) is 11.3 Å². The monoisotopic (exact) mass is 378 g/mol. The van der Waals surface area contributed by atoms with E-state index in [-0.39, 0.29) is 0 Å². The number of pyridine rings is 1. The van der Waals surface area contributed by atoms with E-state index in [0.29, 0.717) is 6.04 Å². The molecule has 1 atom stereocenters. The van der Waals surface area contributed by atoms with Crippen molar-refractivity contribution in [3.63, 3.8) is 0 Å². The molecule has 0 spiro atoms. The van der Waals surface area contributed by atoms with Crippen molar-refractivity contribution in [2.45, 2.75) is 38.8 Å². The van der Waals surface area contributed by atoms with Crippen LogP contribution in [0.15, 0.2) is 42.6 Å². The van der Waals surface area contributed by atoms with Gasteiger partial charge in [-0.3, -0.25) is 14.8 Å². The van der Waals surface area contributed by atoms with Gasteiger partial charge in [0.25, 0.3) is 0 Å². The predicted molar refractivity (Wildman–Crippen MR) is 116 cm³/mol. The van der Waals surface area contributed by atoms with Crippen LogP contribution in [0.1, 0.15) is 43.4 Å². The molecule has 4 heteroatoms. The summed E-state index contributed by atoms with van der Waals surface area (Å²) in [6.07, 6.45) is 6.12. The fourth-order valence-corrected chi connectivity index (χ4v) is 4.40. The third-order valence-electron chi connectivity index (χ3n) is 6.45. The average molecular weight is 379 g/mol. The molecule has 2 aliphatic heterocycles. The fraction of sp³-hybridized carbons (Fsp3) is 0.542. The fourth-order valence-electron chi connectivity index (χ4n) is 4.40. The van der Waals surface area contributed by atoms with E-state index in [0.717, 1.165) is 38.4 Å². The molecule has 0 saturated carbocycles. The number of hydrogen-bond donors (Lipinski definition) is 0. The number of likely N-dealkylation sites (N-methyl/N-ethyl adjacent to an activating group) is 1. The Labute approximate surface area is 170 Å². The van der Waals surface area contributed by atoms with Crippen LogP contribution in [0.4, 0.5) is 0 Å². The number of likely N-dealkylation sites (tertiary alicyclic amines) is 1. The standard InChI is InChI=1S/C24H34N4/c1-20(28-12-4-3-5-13-28)22-7-9-23(10-8-22)24-11-6-21(18-25-24)19-27-16-14-26(2)15-17-27/h6-11,18,20H,3-5,12-17,19H2,1-2H3. The highest BCUT2D eigenvalue weighted by molar-refractivity contribution is 5.59. The molecule has 1 aromatic carbocycles. The number of nitrogens with zero attached hydrogens (tertiary/aromatic N) is 4. The van der Waals surface area contributed by atoms with Gasteiger partial charge in [0.2, 0.25) is 0 Å². The van der Waals surface area contributed by atoms with E-state index in [1.54, 1.807) is 0 Å². The first-order valence-corrected chi connectivity index (χ1v) is 10.9. The van der Waals surface area contributed by atoms with Crippen LogP contribution >= 0.6 is 0 Å². The van der Waals surface area contributed by atoms with E-state index < -0.39 is 0 Å². The Bertz CT molecular complexity index is 726. The van der Waals surface area contributed by atoms with Crippen molar-refractivity contribution in [3.8, 4) is 11.3 Å². The average Bonchev–Trinajstić information content (AvgIpc) is 2.76. The van der Waals surface area contributed by atoms with Gasteiger partial charge < -0.3 is 4.90 Å². The molecule has 2 saturated heterocycles. The van der Waals surface area contributed by atoms with Crippen LogP contribution in [0.5, 0.6) is 0 Å². The highest BCUT2D eigenvalue weighted by Gasteiger charge is 2.18. The Morgan fingerprint density at radius 1 is 0.857 bits per heavy atom. The molecule has 0 bridgehead atoms. The van der Waals surface area contributed by atoms with Crippen molar-refractivity contribution in [2.24, 2.45) is 0 Å². The molecule has 4 rings (SSSR count). The van der Waals surface area contributed by atoms with Gasteiger partial charge in [-0.05, 0) is 57.1 Å². The lowest BCUT2D eigenvalue weighted by molar-refractivity contribution is 0.148. The molecular formula is C24H34N4. The Morgan fingerprint density at radius 3 is 2.21 bits per heavy atom. The number of hydrogen-bond acceptors (Lipinski definition) is 4. The van der Waals surface area contributed by atoms with Crippen molar-refractivity contribution in [1.29, 1.82) is 0 Å². The highest BCUT2D eigenvalue weighted by Crippen LogP contribution is 2.26. The normalized spacial score (nSPS) is 20.9. The van der Waals surface area contributed by atoms with Crippen molar-refractivity contribution < 1.29 is 0 Å². The predicted octanol–water partition coefficient (Wildman–Crippen LogP) is 4.04. The van der Waals surface area contributed by atoms with E-state index in [2.05, 4.69) is 71.3 Å². The Balaban J connectivity index is 1.37. The molecule has 0 amide bonds. The third-order valence-corrected chi connectivity index (χ3v) is 6.45. The van der Waals surface area contributed by atoms with Crippen LogP contribution in [-0.4, -0.2) is 66.0 Å². The van der Waals surface area contributed by atoms with E-state index >= 15 is 0 Å². The largest absolute Gasteiger partial charge is 0.304 e. The van der Waals surface area contributed by atoms with Crippen LogP contribution in [0, 0.1) is 0 Å². The second-order valence-corrected chi connectivity index (χ2v) is 8.53. The molecule has 1 aromatic heterocycles. The lowest BCUT2D eigenvalue weighted by Gasteiger charge is -2.32. The zero-order valence-corrected chi connectivity index (χ0v) is 17.5. The van der Waals surface area contributed by atoms with Gasteiger partial charge in [-0.1, -0.05) is 36.8 Å². The van der Waals surface area contributed by atoms with Crippen LogP contribution in [-0.2, 0) is 6.54 Å². The van der Waals surface area contributed by atoms with Gasteiger partial charge in [-0.15, -0.1) is 0 Å². The second kappa shape index (κ2) is 9.17. The number of benzene rings is 1. The maximum atomic E-state index is 4.75. The zero-order valence-electron chi connectivity index (χ0n) is 17.5. The Kier molecular flexibility index (Phi) is 6.40. The molecule has 0 radical (unpaired) electrons. The summed E-state index contributed by atoms with van der Waals surface area (Å²) in [6.45, 7) is 10.4. The van der Waals surface area contributed by atoms with Crippen molar-refractivity contribution in [1.82, 2.24) is 19.7 Å². The zero-order chi connectivity index (χ0) is 19.3. The summed E-state index contributed by atoms with van der Waals surface area (Å²) in [5.74, 6) is 0. The van der Waals surface area contributed by atoms with Gasteiger partial charge in [0.15, 0.2) is 0 Å². The summed E-state index contributed by atoms with van der Waals surface area (Å²) in [4.78, 5) is 12.3. The molecule has 3 heterocycles. The number of rotatable bonds is 5. The first-order chi connectivity index (χ1) is 13.7. The maximum absolute atomic E-state index is 4.75. The highest BCUT2D eigenvalue weighted by atomic mass is 15.2. The van der Waals surface area contributed by atoms with Crippen molar-refractivity contribution >= 4 is 0 Å². The molecule has 2 aromatic rings. The van der Waals surface area contributed by atoms with Crippen molar-refractivity contribution in [2.75, 3.05) is 46.3 Å². The summed E-state index contributed by atoms with van der Waals surface area (Å²) >= 11 is 0. The van der Waals surface area contributed by atoms with Crippen LogP contribution in [0.3, 0.4) is 0 Å². The van der Waals surface area contributed by atoms with Gasteiger partial charge in [-0.25, -0.2) is 0 Å². The van der Waals surface area contributed by atoms with Gasteiger partial charge in [0.05, 0.1) is 5.69 Å².